The van der Waals surface area contributed by atoms with Crippen molar-refractivity contribution in [2.24, 2.45) is 0 Å². The van der Waals surface area contributed by atoms with Gasteiger partial charge in [0.2, 0.25) is 0 Å². The van der Waals surface area contributed by atoms with Gasteiger partial charge in [-0.3, -0.25) is 10.1 Å². The number of nitrogens with one attached hydrogen (secondary N) is 1. The van der Waals surface area contributed by atoms with Crippen LogP contribution in [0.3, 0.4) is 0 Å². The number of methoxy groups -OCH3 is 1. The van der Waals surface area contributed by atoms with E-state index >= 15 is 0 Å². The average molecular weight is 293 g/mol. The molecule has 1 N–H and O–H groups in total. The van der Waals surface area contributed by atoms with Crippen LogP contribution in [0.15, 0.2) is 24.3 Å². The number of hydrogen-bond acceptors (Lipinski definition) is 3. The normalized spacial score (nSPS) is 14.7. The molecule has 7 heteroatoms. The third-order valence-corrected chi connectivity index (χ3v) is 2.82. The van der Waals surface area contributed by atoms with E-state index in [1.165, 1.54) is 25.1 Å². The Hall–Kier alpha value is -1.63. The highest BCUT2D eigenvalue weighted by molar-refractivity contribution is 5.80. The lowest BCUT2D eigenvalue weighted by Crippen LogP contribution is -2.54. The molecule has 112 valence electrons. The zero-order chi connectivity index (χ0) is 15.4. The highest BCUT2D eigenvalue weighted by atomic mass is 19.4. The number of carbonyl (C=O) groups excluding carboxylic acids is 1. The van der Waals surface area contributed by atoms with Crippen LogP contribution in [0, 0.1) is 5.82 Å². The van der Waals surface area contributed by atoms with Gasteiger partial charge in [-0.2, -0.15) is 13.2 Å². The lowest BCUT2D eigenvalue weighted by Gasteiger charge is -2.28. The molecule has 0 aromatic heterocycles. The number of rotatable bonds is 5. The van der Waals surface area contributed by atoms with E-state index in [4.69, 9.17) is 0 Å². The molecule has 0 fully saturated rings. The second-order valence-corrected chi connectivity index (χ2v) is 4.56. The molecule has 1 rings (SSSR count). The Kier molecular flexibility index (Phi) is 5.10. The summed E-state index contributed by atoms with van der Waals surface area (Å²) in [5.74, 6) is -1.47. The minimum absolute atomic E-state index is 0.134. The lowest BCUT2D eigenvalue weighted by molar-refractivity contribution is -0.152. The molecule has 0 heterocycles. The molecule has 0 aliphatic rings. The number of benzene rings is 1. The highest BCUT2D eigenvalue weighted by Crippen LogP contribution is 2.20. The van der Waals surface area contributed by atoms with E-state index in [2.05, 4.69) is 10.1 Å². The quantitative estimate of drug-likeness (QED) is 0.669. The number of esters is 1. The second kappa shape index (κ2) is 6.21. The molecule has 1 aromatic carbocycles. The van der Waals surface area contributed by atoms with Crippen molar-refractivity contribution < 1.29 is 27.1 Å². The van der Waals surface area contributed by atoms with Gasteiger partial charge in [-0.05, 0) is 18.6 Å². The van der Waals surface area contributed by atoms with Crippen LogP contribution in [0.5, 0.6) is 0 Å². The van der Waals surface area contributed by atoms with E-state index in [0.717, 1.165) is 7.11 Å². The third-order valence-electron chi connectivity index (χ3n) is 2.82. The molecule has 0 amide bonds. The minimum Gasteiger partial charge on any atom is -0.468 e. The van der Waals surface area contributed by atoms with Crippen LogP contribution in [0.1, 0.15) is 12.5 Å². The fourth-order valence-electron chi connectivity index (χ4n) is 1.75. The fraction of sp³-hybridized carbons (Fsp3) is 0.462. The first-order chi connectivity index (χ1) is 9.18. The first kappa shape index (κ1) is 16.4. The van der Waals surface area contributed by atoms with Crippen LogP contribution >= 0.6 is 0 Å². The Labute approximate surface area is 113 Å². The summed E-state index contributed by atoms with van der Waals surface area (Å²) in [5, 5.41) is 2.10. The van der Waals surface area contributed by atoms with Gasteiger partial charge in [-0.15, -0.1) is 0 Å². The summed E-state index contributed by atoms with van der Waals surface area (Å²) in [6.45, 7) is -0.121. The SMILES string of the molecule is COC(=O)C(C)(Cc1ccccc1F)NCC(F)(F)F. The van der Waals surface area contributed by atoms with Crippen LogP contribution in [0.2, 0.25) is 0 Å². The lowest BCUT2D eigenvalue weighted by atomic mass is 9.92. The molecule has 1 atom stereocenters. The van der Waals surface area contributed by atoms with Gasteiger partial charge < -0.3 is 4.74 Å². The van der Waals surface area contributed by atoms with Crippen molar-refractivity contribution in [2.75, 3.05) is 13.7 Å². The van der Waals surface area contributed by atoms with Gasteiger partial charge in [0, 0.05) is 6.42 Å². The molecular formula is C13H15F4NO2. The van der Waals surface area contributed by atoms with Crippen LogP contribution < -0.4 is 5.32 Å². The molecule has 0 saturated carbocycles. The molecule has 0 saturated heterocycles. The summed E-state index contributed by atoms with van der Waals surface area (Å²) in [6, 6.07) is 5.58. The molecule has 1 aromatic rings. The summed E-state index contributed by atoms with van der Waals surface area (Å²) < 4.78 is 54.9. The van der Waals surface area contributed by atoms with E-state index in [0.29, 0.717) is 0 Å². The summed E-state index contributed by atoms with van der Waals surface area (Å²) in [6.07, 6.45) is -4.73. The summed E-state index contributed by atoms with van der Waals surface area (Å²) in [7, 11) is 1.07. The van der Waals surface area contributed by atoms with Crippen molar-refractivity contribution in [3.05, 3.63) is 35.6 Å². The highest BCUT2D eigenvalue weighted by Gasteiger charge is 2.39. The van der Waals surface area contributed by atoms with E-state index in [1.54, 1.807) is 6.07 Å². The molecule has 0 radical (unpaired) electrons. The maximum Gasteiger partial charge on any atom is 0.401 e. The molecule has 3 nitrogen and oxygen atoms in total. The Bertz CT molecular complexity index is 476. The maximum atomic E-state index is 13.6. The Morgan fingerprint density at radius 3 is 2.40 bits per heavy atom. The van der Waals surface area contributed by atoms with E-state index < -0.39 is 30.0 Å². The van der Waals surface area contributed by atoms with Crippen molar-refractivity contribution in [3.63, 3.8) is 0 Å². The first-order valence-corrected chi connectivity index (χ1v) is 5.81. The van der Waals surface area contributed by atoms with Gasteiger partial charge in [0.1, 0.15) is 11.4 Å². The Morgan fingerprint density at radius 2 is 1.90 bits per heavy atom. The Morgan fingerprint density at radius 1 is 1.30 bits per heavy atom. The number of carbonyl (C=O) groups is 1. The largest absolute Gasteiger partial charge is 0.468 e. The van der Waals surface area contributed by atoms with Gasteiger partial charge in [-0.1, -0.05) is 18.2 Å². The van der Waals surface area contributed by atoms with Gasteiger partial charge >= 0.3 is 12.1 Å². The van der Waals surface area contributed by atoms with Gasteiger partial charge in [0.25, 0.3) is 0 Å². The van der Waals surface area contributed by atoms with E-state index in [-0.39, 0.29) is 12.0 Å². The molecule has 0 bridgehead atoms. The van der Waals surface area contributed by atoms with Crippen molar-refractivity contribution in [1.29, 1.82) is 0 Å². The molecule has 0 spiro atoms. The predicted octanol–water partition coefficient (Wildman–Crippen LogP) is 2.45. The summed E-state index contributed by atoms with van der Waals surface area (Å²) >= 11 is 0. The van der Waals surface area contributed by atoms with Gasteiger partial charge in [0.15, 0.2) is 0 Å². The first-order valence-electron chi connectivity index (χ1n) is 5.81. The number of ether oxygens (including phenoxy) is 1. The molecule has 0 aliphatic carbocycles. The summed E-state index contributed by atoms with van der Waals surface area (Å²) in [5.41, 5.74) is -1.53. The van der Waals surface area contributed by atoms with E-state index in [9.17, 15) is 22.4 Å². The smallest absolute Gasteiger partial charge is 0.401 e. The zero-order valence-corrected chi connectivity index (χ0v) is 11.1. The number of hydrogen-bond donors (Lipinski definition) is 1. The van der Waals surface area contributed by atoms with Crippen molar-refractivity contribution in [3.8, 4) is 0 Å². The fourth-order valence-corrected chi connectivity index (χ4v) is 1.75. The molecule has 1 unspecified atom stereocenters. The monoisotopic (exact) mass is 293 g/mol. The maximum absolute atomic E-state index is 13.6. The zero-order valence-electron chi connectivity index (χ0n) is 11.1. The van der Waals surface area contributed by atoms with Crippen LogP contribution in [0.25, 0.3) is 0 Å². The Balaban J connectivity index is 2.94. The van der Waals surface area contributed by atoms with Crippen molar-refractivity contribution in [2.45, 2.75) is 25.1 Å². The van der Waals surface area contributed by atoms with E-state index in [1.807, 2.05) is 0 Å². The minimum atomic E-state index is -4.48. The predicted molar refractivity (Wildman–Crippen MR) is 64.6 cm³/mol. The molecule has 0 aliphatic heterocycles. The van der Waals surface area contributed by atoms with Gasteiger partial charge in [0.05, 0.1) is 13.7 Å². The molecule has 20 heavy (non-hydrogen) atoms. The second-order valence-electron chi connectivity index (χ2n) is 4.56. The standard InChI is InChI=1S/C13H15F4NO2/c1-12(11(19)20-2,18-8-13(15,16)17)7-9-5-3-4-6-10(9)14/h3-6,18H,7-8H2,1-2H3. The number of halogens is 4. The van der Waals surface area contributed by atoms with Crippen LogP contribution in [0.4, 0.5) is 17.6 Å². The van der Waals surface area contributed by atoms with Crippen molar-refractivity contribution in [1.82, 2.24) is 5.32 Å². The summed E-state index contributed by atoms with van der Waals surface area (Å²) in [4.78, 5) is 11.7. The van der Waals surface area contributed by atoms with Crippen LogP contribution in [-0.4, -0.2) is 31.3 Å². The van der Waals surface area contributed by atoms with Gasteiger partial charge in [-0.25, -0.2) is 4.39 Å². The van der Waals surface area contributed by atoms with Crippen molar-refractivity contribution >= 4 is 5.97 Å². The number of alkyl halides is 3. The topological polar surface area (TPSA) is 38.3 Å². The third kappa shape index (κ3) is 4.48. The average Bonchev–Trinajstić information content (AvgIpc) is 2.37. The molecular weight excluding hydrogens is 278 g/mol. The van der Waals surface area contributed by atoms with Crippen LogP contribution in [-0.2, 0) is 16.0 Å².